The molecule has 1 aromatic rings. The maximum absolute atomic E-state index is 12.5. The molecule has 0 radical (unpaired) electrons. The number of ether oxygens (including phenoxy) is 1. The number of urea groups is 2. The summed E-state index contributed by atoms with van der Waals surface area (Å²) in [5.74, 6) is -1.42. The third kappa shape index (κ3) is 5.75. The summed E-state index contributed by atoms with van der Waals surface area (Å²) in [5, 5.41) is 4.90. The summed E-state index contributed by atoms with van der Waals surface area (Å²) in [5.41, 5.74) is 0.534. The Morgan fingerprint density at radius 2 is 1.72 bits per heavy atom. The number of hydrogen-bond acceptors (Lipinski definition) is 7. The van der Waals surface area contributed by atoms with Gasteiger partial charge in [0.1, 0.15) is 12.1 Å². The van der Waals surface area contributed by atoms with E-state index in [2.05, 4.69) is 15.4 Å². The molecule has 2 atom stereocenters. The van der Waals surface area contributed by atoms with Crippen molar-refractivity contribution in [2.75, 3.05) is 7.11 Å². The van der Waals surface area contributed by atoms with Crippen molar-refractivity contribution in [1.82, 2.24) is 20.3 Å². The van der Waals surface area contributed by atoms with Crippen molar-refractivity contribution >= 4 is 34.0 Å². The number of nitrogens with zero attached hydrogens (tertiary/aromatic N) is 1. The number of benzene rings is 1. The van der Waals surface area contributed by atoms with Gasteiger partial charge in [-0.3, -0.25) is 9.69 Å². The Balaban J connectivity index is 2.06. The SMILES string of the molecule is COC(=O)[C@@H](NC(=O)NS(=O)(=O)c1ccc(CN2C(=O)N[C@H](C(C)C)C2=O)cc1)C(C)C. The summed E-state index contributed by atoms with van der Waals surface area (Å²) < 4.78 is 31.4. The number of methoxy groups -OCH3 is 1. The van der Waals surface area contributed by atoms with E-state index in [0.29, 0.717) is 5.56 Å². The molecule has 1 aliphatic heterocycles. The van der Waals surface area contributed by atoms with Crippen molar-refractivity contribution in [3.8, 4) is 0 Å². The van der Waals surface area contributed by atoms with Crippen LogP contribution >= 0.6 is 0 Å². The van der Waals surface area contributed by atoms with Crippen LogP contribution in [0.25, 0.3) is 0 Å². The van der Waals surface area contributed by atoms with Crippen LogP contribution in [0.2, 0.25) is 0 Å². The second-order valence-electron chi connectivity index (χ2n) is 8.06. The number of rotatable bonds is 8. The molecule has 1 heterocycles. The second kappa shape index (κ2) is 9.98. The van der Waals surface area contributed by atoms with Gasteiger partial charge in [-0.05, 0) is 29.5 Å². The fourth-order valence-electron chi connectivity index (χ4n) is 3.08. The minimum Gasteiger partial charge on any atom is -0.467 e. The van der Waals surface area contributed by atoms with E-state index in [1.807, 2.05) is 18.6 Å². The van der Waals surface area contributed by atoms with Gasteiger partial charge in [-0.15, -0.1) is 0 Å². The molecule has 1 fully saturated rings. The van der Waals surface area contributed by atoms with Gasteiger partial charge < -0.3 is 15.4 Å². The van der Waals surface area contributed by atoms with E-state index in [-0.39, 0.29) is 29.2 Å². The lowest BCUT2D eigenvalue weighted by Crippen LogP contribution is -2.50. The third-order valence-corrected chi connectivity index (χ3v) is 6.28. The first-order valence-electron chi connectivity index (χ1n) is 9.99. The van der Waals surface area contributed by atoms with E-state index in [1.165, 1.54) is 24.3 Å². The maximum atomic E-state index is 12.5. The predicted molar refractivity (Wildman–Crippen MR) is 114 cm³/mol. The van der Waals surface area contributed by atoms with E-state index < -0.39 is 40.1 Å². The van der Waals surface area contributed by atoms with E-state index in [4.69, 9.17) is 0 Å². The van der Waals surface area contributed by atoms with Gasteiger partial charge in [0.25, 0.3) is 15.9 Å². The molecule has 0 saturated carbocycles. The minimum atomic E-state index is -4.22. The molecule has 1 aromatic carbocycles. The van der Waals surface area contributed by atoms with Crippen LogP contribution in [-0.4, -0.2) is 56.4 Å². The van der Waals surface area contributed by atoms with Crippen molar-refractivity contribution in [3.63, 3.8) is 0 Å². The lowest BCUT2D eigenvalue weighted by molar-refractivity contribution is -0.144. The van der Waals surface area contributed by atoms with E-state index >= 15 is 0 Å². The molecule has 3 N–H and O–H groups in total. The molecule has 1 saturated heterocycles. The van der Waals surface area contributed by atoms with E-state index in [0.717, 1.165) is 12.0 Å². The summed E-state index contributed by atoms with van der Waals surface area (Å²) >= 11 is 0. The normalized spacial score (nSPS) is 17.3. The Morgan fingerprint density at radius 1 is 1.12 bits per heavy atom. The van der Waals surface area contributed by atoms with Crippen molar-refractivity contribution < 1.29 is 32.3 Å². The Bertz CT molecular complexity index is 990. The zero-order chi connectivity index (χ0) is 24.2. The molecule has 5 amide bonds. The molecule has 0 aliphatic carbocycles. The molecule has 2 rings (SSSR count). The van der Waals surface area contributed by atoms with Gasteiger partial charge in [-0.25, -0.2) is 27.5 Å². The Kier molecular flexibility index (Phi) is 7.83. The van der Waals surface area contributed by atoms with Crippen molar-refractivity contribution in [3.05, 3.63) is 29.8 Å². The minimum absolute atomic E-state index is 0.0165. The number of carbonyl (C=O) groups excluding carboxylic acids is 4. The Hall–Kier alpha value is -3.15. The largest absolute Gasteiger partial charge is 0.467 e. The van der Waals surface area contributed by atoms with Crippen LogP contribution in [0.1, 0.15) is 33.3 Å². The molecule has 0 unspecified atom stereocenters. The van der Waals surface area contributed by atoms with Crippen LogP contribution in [0.3, 0.4) is 0 Å². The lowest BCUT2D eigenvalue weighted by Gasteiger charge is -2.20. The molecule has 32 heavy (non-hydrogen) atoms. The highest BCUT2D eigenvalue weighted by molar-refractivity contribution is 7.90. The molecular formula is C20H28N4O7S. The summed E-state index contributed by atoms with van der Waals surface area (Å²) in [7, 11) is -3.06. The van der Waals surface area contributed by atoms with Gasteiger partial charge in [0, 0.05) is 0 Å². The highest BCUT2D eigenvalue weighted by Gasteiger charge is 2.39. The first-order valence-corrected chi connectivity index (χ1v) is 11.5. The number of imide groups is 1. The lowest BCUT2D eigenvalue weighted by atomic mass is 10.0. The van der Waals surface area contributed by atoms with Gasteiger partial charge in [0.2, 0.25) is 0 Å². The topological polar surface area (TPSA) is 151 Å². The highest BCUT2D eigenvalue weighted by atomic mass is 32.2. The number of sulfonamides is 1. The van der Waals surface area contributed by atoms with Crippen LogP contribution in [0, 0.1) is 11.8 Å². The molecule has 11 nitrogen and oxygen atoms in total. The van der Waals surface area contributed by atoms with Crippen molar-refractivity contribution in [2.24, 2.45) is 11.8 Å². The summed E-state index contributed by atoms with van der Waals surface area (Å²) in [6.45, 7) is 6.97. The maximum Gasteiger partial charge on any atom is 0.329 e. The average molecular weight is 469 g/mol. The first kappa shape index (κ1) is 25.1. The Labute approximate surface area is 186 Å². The molecule has 0 spiro atoms. The molecule has 0 aromatic heterocycles. The van der Waals surface area contributed by atoms with Crippen molar-refractivity contribution in [2.45, 2.75) is 51.2 Å². The van der Waals surface area contributed by atoms with Gasteiger partial charge in [0.05, 0.1) is 18.6 Å². The van der Waals surface area contributed by atoms with Crippen LogP contribution < -0.4 is 15.4 Å². The third-order valence-electron chi connectivity index (χ3n) is 4.93. The zero-order valence-corrected chi connectivity index (χ0v) is 19.4. The quantitative estimate of drug-likeness (QED) is 0.379. The monoisotopic (exact) mass is 468 g/mol. The summed E-state index contributed by atoms with van der Waals surface area (Å²) in [6, 6.07) is 2.21. The smallest absolute Gasteiger partial charge is 0.329 e. The van der Waals surface area contributed by atoms with Crippen LogP contribution in [0.4, 0.5) is 9.59 Å². The molecule has 1 aliphatic rings. The number of nitrogens with one attached hydrogen (secondary N) is 3. The highest BCUT2D eigenvalue weighted by Crippen LogP contribution is 2.18. The predicted octanol–water partition coefficient (Wildman–Crippen LogP) is 0.949. The number of amides is 5. The average Bonchev–Trinajstić information content (AvgIpc) is 2.99. The van der Waals surface area contributed by atoms with Crippen molar-refractivity contribution in [1.29, 1.82) is 0 Å². The zero-order valence-electron chi connectivity index (χ0n) is 18.5. The molecule has 176 valence electrons. The first-order chi connectivity index (χ1) is 14.9. The summed E-state index contributed by atoms with van der Waals surface area (Å²) in [4.78, 5) is 49.2. The number of hydrogen-bond donors (Lipinski definition) is 3. The molecule has 0 bridgehead atoms. The standard InChI is InChI=1S/C20H28N4O7S/c1-11(2)15-17(25)24(20(28)22-15)10-13-6-8-14(9-7-13)32(29,30)23-19(27)21-16(12(3)4)18(26)31-5/h6-9,11-12,15-16H,10H2,1-5H3,(H,22,28)(H2,21,23,27)/t15-,16+/m1/s1. The molecular weight excluding hydrogens is 440 g/mol. The molecule has 12 heteroatoms. The second-order valence-corrected chi connectivity index (χ2v) is 9.75. The Morgan fingerprint density at radius 3 is 2.19 bits per heavy atom. The van der Waals surface area contributed by atoms with Gasteiger partial charge >= 0.3 is 18.0 Å². The van der Waals surface area contributed by atoms with Gasteiger partial charge in [-0.1, -0.05) is 39.8 Å². The van der Waals surface area contributed by atoms with E-state index in [9.17, 15) is 27.6 Å². The number of carbonyl (C=O) groups is 4. The fraction of sp³-hybridized carbons (Fsp3) is 0.500. The van der Waals surface area contributed by atoms with Crippen LogP contribution in [0.15, 0.2) is 29.2 Å². The fourth-order valence-corrected chi connectivity index (χ4v) is 3.99. The summed E-state index contributed by atoms with van der Waals surface area (Å²) in [6.07, 6.45) is 0. The number of esters is 1. The van der Waals surface area contributed by atoms with Gasteiger partial charge in [-0.2, -0.15) is 0 Å². The van der Waals surface area contributed by atoms with Crippen LogP contribution in [-0.2, 0) is 30.9 Å². The van der Waals surface area contributed by atoms with E-state index in [1.54, 1.807) is 13.8 Å². The van der Waals surface area contributed by atoms with Crippen LogP contribution in [0.5, 0.6) is 0 Å². The van der Waals surface area contributed by atoms with Gasteiger partial charge in [0.15, 0.2) is 0 Å².